The number of hydrazone groups is 1. The van der Waals surface area contributed by atoms with Crippen molar-refractivity contribution in [3.63, 3.8) is 0 Å². The predicted molar refractivity (Wildman–Crippen MR) is 91.8 cm³/mol. The first kappa shape index (κ1) is 15.6. The molecule has 0 saturated heterocycles. The topological polar surface area (TPSA) is 81.2 Å². The fourth-order valence-electron chi connectivity index (χ4n) is 2.20. The molecular formula is C16H17N7O. The summed E-state index contributed by atoms with van der Waals surface area (Å²) in [6, 6.07) is 7.57. The largest absolute Gasteiger partial charge is 0.298 e. The first-order valence-electron chi connectivity index (χ1n) is 7.34. The van der Waals surface area contributed by atoms with Gasteiger partial charge in [-0.3, -0.25) is 14.5 Å². The Hall–Kier alpha value is -3.29. The molecule has 1 aromatic carbocycles. The Morgan fingerprint density at radius 2 is 2.12 bits per heavy atom. The van der Waals surface area contributed by atoms with E-state index in [0.717, 1.165) is 23.0 Å². The summed E-state index contributed by atoms with van der Waals surface area (Å²) < 4.78 is 3.30. The number of aldehydes is 1. The number of carbonyl (C=O) groups excluding carboxylic acids is 1. The molecule has 0 aliphatic rings. The smallest absolute Gasteiger partial charge is 0.176 e. The van der Waals surface area contributed by atoms with Crippen molar-refractivity contribution in [3.05, 3.63) is 48.3 Å². The highest BCUT2D eigenvalue weighted by atomic mass is 16.1. The minimum atomic E-state index is 0.486. The van der Waals surface area contributed by atoms with Crippen LogP contribution in [0.5, 0.6) is 0 Å². The summed E-state index contributed by atoms with van der Waals surface area (Å²) in [6.07, 6.45) is 5.99. The molecule has 0 atom stereocenters. The second-order valence-corrected chi connectivity index (χ2v) is 5.35. The van der Waals surface area contributed by atoms with Crippen LogP contribution in [0.2, 0.25) is 0 Å². The van der Waals surface area contributed by atoms with Gasteiger partial charge >= 0.3 is 0 Å². The lowest BCUT2D eigenvalue weighted by molar-refractivity contribution is -0.104. The number of para-hydroxylation sites is 1. The molecule has 0 spiro atoms. The van der Waals surface area contributed by atoms with Crippen molar-refractivity contribution in [2.45, 2.75) is 6.92 Å². The van der Waals surface area contributed by atoms with Crippen LogP contribution >= 0.6 is 0 Å². The summed E-state index contributed by atoms with van der Waals surface area (Å²) in [6.45, 7) is 1.71. The lowest BCUT2D eigenvalue weighted by Gasteiger charge is -2.12. The summed E-state index contributed by atoms with van der Waals surface area (Å²) in [7, 11) is 3.64. The van der Waals surface area contributed by atoms with Gasteiger partial charge in [0, 0.05) is 20.3 Å². The van der Waals surface area contributed by atoms with Gasteiger partial charge in [-0.25, -0.2) is 0 Å². The van der Waals surface area contributed by atoms with Crippen LogP contribution in [-0.2, 0) is 11.8 Å². The summed E-state index contributed by atoms with van der Waals surface area (Å²) in [5, 5.41) is 18.7. The highest BCUT2D eigenvalue weighted by Crippen LogP contribution is 2.14. The maximum absolute atomic E-state index is 11.0. The average Bonchev–Trinajstić information content (AvgIpc) is 3.20. The van der Waals surface area contributed by atoms with Crippen molar-refractivity contribution in [1.82, 2.24) is 24.8 Å². The number of aromatic nitrogens is 5. The minimum Gasteiger partial charge on any atom is -0.298 e. The van der Waals surface area contributed by atoms with Gasteiger partial charge in [0.2, 0.25) is 0 Å². The molecule has 0 fully saturated rings. The number of fused-ring (bicyclic) bond motifs is 1. The average molecular weight is 323 g/mol. The number of anilines is 1. The van der Waals surface area contributed by atoms with Crippen LogP contribution in [0.4, 0.5) is 5.69 Å². The molecule has 122 valence electrons. The number of aryl methyl sites for hydroxylation is 1. The number of hydrogen-bond acceptors (Lipinski definition) is 6. The normalized spacial score (nSPS) is 12.6. The third-order valence-corrected chi connectivity index (χ3v) is 3.43. The van der Waals surface area contributed by atoms with Crippen molar-refractivity contribution in [2.24, 2.45) is 12.1 Å². The second-order valence-electron chi connectivity index (χ2n) is 5.35. The Kier molecular flexibility index (Phi) is 4.19. The van der Waals surface area contributed by atoms with Crippen LogP contribution in [0, 0.1) is 0 Å². The number of carbonyl (C=O) groups is 1. The van der Waals surface area contributed by atoms with Crippen molar-refractivity contribution in [2.75, 3.05) is 12.1 Å². The van der Waals surface area contributed by atoms with Crippen LogP contribution in [-0.4, -0.2) is 43.9 Å². The van der Waals surface area contributed by atoms with E-state index in [0.29, 0.717) is 11.4 Å². The highest BCUT2D eigenvalue weighted by molar-refractivity contribution is 6.02. The summed E-state index contributed by atoms with van der Waals surface area (Å²) >= 11 is 0. The molecule has 0 amide bonds. The SMILES string of the molecule is C/C(C=O)=C/C(=NN(C)c1cnn(C)c1)n1nnc2ccccc21. The first-order valence-corrected chi connectivity index (χ1v) is 7.34. The third kappa shape index (κ3) is 3.07. The second kappa shape index (κ2) is 6.45. The van der Waals surface area contributed by atoms with Crippen LogP contribution in [0.3, 0.4) is 0 Å². The maximum atomic E-state index is 11.0. The Morgan fingerprint density at radius 1 is 1.33 bits per heavy atom. The van der Waals surface area contributed by atoms with E-state index in [2.05, 4.69) is 20.5 Å². The van der Waals surface area contributed by atoms with E-state index in [9.17, 15) is 4.79 Å². The minimum absolute atomic E-state index is 0.486. The molecule has 8 nitrogen and oxygen atoms in total. The van der Waals surface area contributed by atoms with Crippen molar-refractivity contribution >= 4 is 28.8 Å². The maximum Gasteiger partial charge on any atom is 0.176 e. The van der Waals surface area contributed by atoms with Gasteiger partial charge in [-0.05, 0) is 30.7 Å². The molecular weight excluding hydrogens is 306 g/mol. The Balaban J connectivity index is 2.10. The van der Waals surface area contributed by atoms with E-state index in [1.807, 2.05) is 37.5 Å². The quantitative estimate of drug-likeness (QED) is 0.239. The zero-order valence-electron chi connectivity index (χ0n) is 13.7. The zero-order chi connectivity index (χ0) is 17.1. The molecule has 0 aliphatic heterocycles. The number of benzene rings is 1. The molecule has 8 heteroatoms. The van der Waals surface area contributed by atoms with Crippen molar-refractivity contribution in [3.8, 4) is 0 Å². The number of rotatable bonds is 4. The van der Waals surface area contributed by atoms with Gasteiger partial charge < -0.3 is 0 Å². The number of allylic oxidation sites excluding steroid dienone is 2. The molecule has 3 aromatic rings. The molecule has 0 aliphatic carbocycles. The van der Waals surface area contributed by atoms with Gasteiger partial charge in [0.25, 0.3) is 0 Å². The van der Waals surface area contributed by atoms with Crippen molar-refractivity contribution < 1.29 is 4.79 Å². The summed E-state index contributed by atoms with van der Waals surface area (Å²) in [4.78, 5) is 11.0. The number of hydrogen-bond donors (Lipinski definition) is 0. The predicted octanol–water partition coefficient (Wildman–Crippen LogP) is 1.61. The van der Waals surface area contributed by atoms with Crippen molar-refractivity contribution in [1.29, 1.82) is 0 Å². The standard InChI is InChI=1S/C16H17N7O/c1-12(11-24)8-16(19-22(3)13-9-17-21(2)10-13)23-15-7-5-4-6-14(15)18-20-23/h4-11H,1-3H3/b12-8-,19-16?. The fraction of sp³-hybridized carbons (Fsp3) is 0.188. The molecule has 24 heavy (non-hydrogen) atoms. The highest BCUT2D eigenvalue weighted by Gasteiger charge is 2.11. The van der Waals surface area contributed by atoms with Crippen LogP contribution in [0.25, 0.3) is 11.0 Å². The monoisotopic (exact) mass is 323 g/mol. The summed E-state index contributed by atoms with van der Waals surface area (Å²) in [5.74, 6) is 0.486. The van der Waals surface area contributed by atoms with Gasteiger partial charge in [0.1, 0.15) is 11.8 Å². The van der Waals surface area contributed by atoms with Gasteiger partial charge in [-0.15, -0.1) is 5.10 Å². The van der Waals surface area contributed by atoms with E-state index in [4.69, 9.17) is 0 Å². The van der Waals surface area contributed by atoms with E-state index < -0.39 is 0 Å². The molecule has 0 N–H and O–H groups in total. The zero-order valence-corrected chi connectivity index (χ0v) is 13.7. The molecule has 0 radical (unpaired) electrons. The molecule has 3 rings (SSSR count). The lowest BCUT2D eigenvalue weighted by Crippen LogP contribution is -2.19. The van der Waals surface area contributed by atoms with Crippen LogP contribution in [0.15, 0.2) is 53.4 Å². The fourth-order valence-corrected chi connectivity index (χ4v) is 2.20. The Bertz CT molecular complexity index is 935. The Morgan fingerprint density at radius 3 is 2.83 bits per heavy atom. The van der Waals surface area contributed by atoms with Crippen LogP contribution in [0.1, 0.15) is 6.92 Å². The van der Waals surface area contributed by atoms with E-state index >= 15 is 0 Å². The first-order chi connectivity index (χ1) is 11.6. The van der Waals surface area contributed by atoms with Gasteiger partial charge in [-0.1, -0.05) is 17.3 Å². The van der Waals surface area contributed by atoms with E-state index in [1.165, 1.54) is 0 Å². The molecule has 2 heterocycles. The van der Waals surface area contributed by atoms with Gasteiger partial charge in [0.15, 0.2) is 5.84 Å². The Labute approximate surface area is 138 Å². The van der Waals surface area contributed by atoms with E-state index in [1.54, 1.807) is 40.6 Å². The lowest BCUT2D eigenvalue weighted by atomic mass is 10.3. The summed E-state index contributed by atoms with van der Waals surface area (Å²) in [5.41, 5.74) is 2.92. The molecule has 0 bridgehead atoms. The third-order valence-electron chi connectivity index (χ3n) is 3.43. The van der Waals surface area contributed by atoms with E-state index in [-0.39, 0.29) is 0 Å². The van der Waals surface area contributed by atoms with Gasteiger partial charge in [0.05, 0.1) is 17.4 Å². The molecule has 0 unspecified atom stereocenters. The van der Waals surface area contributed by atoms with Crippen LogP contribution < -0.4 is 5.01 Å². The number of nitrogens with zero attached hydrogens (tertiary/aromatic N) is 7. The van der Waals surface area contributed by atoms with Gasteiger partial charge in [-0.2, -0.15) is 14.9 Å². The molecule has 2 aromatic heterocycles. The molecule has 0 saturated carbocycles.